The highest BCUT2D eigenvalue weighted by molar-refractivity contribution is 5.59. The first-order chi connectivity index (χ1) is 10.9. The molecule has 5 heteroatoms. The topological polar surface area (TPSA) is 67.5 Å². The van der Waals surface area contributed by atoms with Crippen molar-refractivity contribution in [1.82, 2.24) is 9.55 Å². The molecule has 0 atom stereocenters. The molecular weight excluding hydrogens is 292 g/mol. The fourth-order valence-corrected chi connectivity index (χ4v) is 2.34. The van der Waals surface area contributed by atoms with Gasteiger partial charge in [-0.2, -0.15) is 0 Å². The number of hydrogen-bond donors (Lipinski definition) is 2. The van der Waals surface area contributed by atoms with Gasteiger partial charge in [0.25, 0.3) is 0 Å². The average molecular weight is 318 g/mol. The number of aromatic nitrogens is 2. The van der Waals surface area contributed by atoms with Crippen LogP contribution in [-0.4, -0.2) is 32.0 Å². The maximum Gasteiger partial charge on any atom is 0.139 e. The molecule has 0 aliphatic carbocycles. The number of aryl methyl sites for hydroxylation is 1. The summed E-state index contributed by atoms with van der Waals surface area (Å²) in [7, 11) is 0. The molecule has 0 amide bonds. The van der Waals surface area contributed by atoms with Gasteiger partial charge in [0.2, 0.25) is 0 Å². The number of imidazole rings is 1. The molecule has 2 N–H and O–H groups in total. The van der Waals surface area contributed by atoms with E-state index in [1.165, 1.54) is 0 Å². The lowest BCUT2D eigenvalue weighted by Gasteiger charge is -2.18. The zero-order chi connectivity index (χ0) is 16.9. The van der Waals surface area contributed by atoms with Crippen molar-refractivity contribution < 1.29 is 14.9 Å². The molecule has 0 aliphatic heterocycles. The van der Waals surface area contributed by atoms with Crippen LogP contribution in [0.15, 0.2) is 30.6 Å². The van der Waals surface area contributed by atoms with E-state index in [0.717, 1.165) is 23.4 Å². The van der Waals surface area contributed by atoms with Crippen LogP contribution in [0.2, 0.25) is 0 Å². The SMILES string of the molecule is CCCOc1ccc(-c2nccn2CCC(C)(C)O)cc1CO. The molecule has 0 fully saturated rings. The minimum Gasteiger partial charge on any atom is -0.493 e. The largest absolute Gasteiger partial charge is 0.493 e. The Labute approximate surface area is 137 Å². The van der Waals surface area contributed by atoms with Gasteiger partial charge in [0, 0.05) is 30.1 Å². The van der Waals surface area contributed by atoms with Crippen molar-refractivity contribution in [3.63, 3.8) is 0 Å². The monoisotopic (exact) mass is 318 g/mol. The van der Waals surface area contributed by atoms with Crippen LogP contribution < -0.4 is 4.74 Å². The van der Waals surface area contributed by atoms with Crippen molar-refractivity contribution in [2.24, 2.45) is 0 Å². The zero-order valence-electron chi connectivity index (χ0n) is 14.1. The molecule has 0 spiro atoms. The van der Waals surface area contributed by atoms with E-state index in [1.54, 1.807) is 20.0 Å². The second-order valence-electron chi connectivity index (χ2n) is 6.34. The lowest BCUT2D eigenvalue weighted by Crippen LogP contribution is -2.21. The summed E-state index contributed by atoms with van der Waals surface area (Å²) < 4.78 is 7.67. The van der Waals surface area contributed by atoms with Gasteiger partial charge in [-0.3, -0.25) is 0 Å². The first-order valence-corrected chi connectivity index (χ1v) is 8.05. The Kier molecular flexibility index (Phi) is 5.80. The van der Waals surface area contributed by atoms with Crippen molar-refractivity contribution in [3.05, 3.63) is 36.2 Å². The van der Waals surface area contributed by atoms with Gasteiger partial charge in [0.05, 0.1) is 18.8 Å². The summed E-state index contributed by atoms with van der Waals surface area (Å²) in [5.41, 5.74) is 0.974. The Morgan fingerprint density at radius 2 is 2.09 bits per heavy atom. The molecule has 0 unspecified atom stereocenters. The van der Waals surface area contributed by atoms with E-state index in [9.17, 15) is 10.2 Å². The van der Waals surface area contributed by atoms with Crippen molar-refractivity contribution >= 4 is 0 Å². The maximum atomic E-state index is 9.90. The first-order valence-electron chi connectivity index (χ1n) is 8.05. The van der Waals surface area contributed by atoms with E-state index in [-0.39, 0.29) is 6.61 Å². The molecule has 1 aromatic carbocycles. The van der Waals surface area contributed by atoms with Crippen LogP contribution >= 0.6 is 0 Å². The zero-order valence-corrected chi connectivity index (χ0v) is 14.1. The van der Waals surface area contributed by atoms with E-state index in [4.69, 9.17) is 4.74 Å². The lowest BCUT2D eigenvalue weighted by atomic mass is 10.1. The molecule has 23 heavy (non-hydrogen) atoms. The van der Waals surface area contributed by atoms with Crippen LogP contribution in [0.1, 0.15) is 39.2 Å². The van der Waals surface area contributed by atoms with Gasteiger partial charge in [0.1, 0.15) is 11.6 Å². The number of ether oxygens (including phenoxy) is 1. The number of hydrogen-bond acceptors (Lipinski definition) is 4. The van der Waals surface area contributed by atoms with Crippen LogP contribution in [0.4, 0.5) is 0 Å². The molecule has 0 bridgehead atoms. The van der Waals surface area contributed by atoms with Crippen molar-refractivity contribution in [3.8, 4) is 17.1 Å². The molecule has 2 rings (SSSR count). The van der Waals surface area contributed by atoms with Gasteiger partial charge >= 0.3 is 0 Å². The average Bonchev–Trinajstić information content (AvgIpc) is 2.98. The predicted octanol–water partition coefficient (Wildman–Crippen LogP) is 2.99. The van der Waals surface area contributed by atoms with Crippen LogP contribution in [0, 0.1) is 0 Å². The van der Waals surface area contributed by atoms with Crippen molar-refractivity contribution in [2.45, 2.75) is 52.4 Å². The van der Waals surface area contributed by atoms with Crippen LogP contribution in [-0.2, 0) is 13.2 Å². The third kappa shape index (κ3) is 4.81. The smallest absolute Gasteiger partial charge is 0.139 e. The van der Waals surface area contributed by atoms with Crippen LogP contribution in [0.25, 0.3) is 11.4 Å². The van der Waals surface area contributed by atoms with E-state index in [1.807, 2.05) is 35.9 Å². The normalized spacial score (nSPS) is 11.7. The minimum absolute atomic E-state index is 0.0722. The summed E-state index contributed by atoms with van der Waals surface area (Å²) in [4.78, 5) is 4.41. The van der Waals surface area contributed by atoms with Crippen LogP contribution in [0.3, 0.4) is 0 Å². The maximum absolute atomic E-state index is 9.90. The molecular formula is C18H26N2O3. The fraction of sp³-hybridized carbons (Fsp3) is 0.500. The standard InChI is InChI=1S/C18H26N2O3/c1-4-11-23-16-6-5-14(12-15(16)13-21)17-19-8-10-20(17)9-7-18(2,3)22/h5-6,8,10,12,21-22H,4,7,9,11,13H2,1-3H3. The van der Waals surface area contributed by atoms with Crippen molar-refractivity contribution in [1.29, 1.82) is 0 Å². The molecule has 0 aliphatic rings. The van der Waals surface area contributed by atoms with E-state index in [2.05, 4.69) is 4.98 Å². The fourth-order valence-electron chi connectivity index (χ4n) is 2.34. The summed E-state index contributed by atoms with van der Waals surface area (Å²) in [6.07, 6.45) is 5.22. The van der Waals surface area contributed by atoms with Gasteiger partial charge in [-0.05, 0) is 44.9 Å². The summed E-state index contributed by atoms with van der Waals surface area (Å²) in [5.74, 6) is 1.54. The quantitative estimate of drug-likeness (QED) is 0.785. The number of rotatable bonds is 8. The summed E-state index contributed by atoms with van der Waals surface area (Å²) >= 11 is 0. The highest BCUT2D eigenvalue weighted by Crippen LogP contribution is 2.27. The Morgan fingerprint density at radius 3 is 2.74 bits per heavy atom. The van der Waals surface area contributed by atoms with E-state index in [0.29, 0.717) is 25.3 Å². The number of aliphatic hydroxyl groups is 2. The van der Waals surface area contributed by atoms with E-state index < -0.39 is 5.60 Å². The van der Waals surface area contributed by atoms with Gasteiger partial charge in [0.15, 0.2) is 0 Å². The molecule has 126 valence electrons. The third-order valence-corrected chi connectivity index (χ3v) is 3.63. The van der Waals surface area contributed by atoms with E-state index >= 15 is 0 Å². The number of aliphatic hydroxyl groups excluding tert-OH is 1. The minimum atomic E-state index is -0.713. The lowest BCUT2D eigenvalue weighted by molar-refractivity contribution is 0.0663. The Morgan fingerprint density at radius 1 is 1.30 bits per heavy atom. The number of benzene rings is 1. The highest BCUT2D eigenvalue weighted by Gasteiger charge is 2.15. The predicted molar refractivity (Wildman–Crippen MR) is 90.3 cm³/mol. The second kappa shape index (κ2) is 7.62. The number of nitrogens with zero attached hydrogens (tertiary/aromatic N) is 2. The third-order valence-electron chi connectivity index (χ3n) is 3.63. The molecule has 5 nitrogen and oxygen atoms in total. The molecule has 0 radical (unpaired) electrons. The first kappa shape index (κ1) is 17.5. The Bertz CT molecular complexity index is 629. The highest BCUT2D eigenvalue weighted by atomic mass is 16.5. The molecule has 0 saturated heterocycles. The second-order valence-corrected chi connectivity index (χ2v) is 6.34. The van der Waals surface area contributed by atoms with Crippen LogP contribution in [0.5, 0.6) is 5.75 Å². The molecule has 2 aromatic rings. The molecule has 0 saturated carbocycles. The van der Waals surface area contributed by atoms with Crippen molar-refractivity contribution in [2.75, 3.05) is 6.61 Å². The van der Waals surface area contributed by atoms with Gasteiger partial charge in [-0.15, -0.1) is 0 Å². The molecule has 1 heterocycles. The Hall–Kier alpha value is -1.85. The Balaban J connectivity index is 2.23. The van der Waals surface area contributed by atoms with Gasteiger partial charge in [-0.1, -0.05) is 6.92 Å². The molecule has 1 aromatic heterocycles. The van der Waals surface area contributed by atoms with Gasteiger partial charge in [-0.25, -0.2) is 4.98 Å². The summed E-state index contributed by atoms with van der Waals surface area (Å²) in [6.45, 7) is 6.89. The van der Waals surface area contributed by atoms with Gasteiger partial charge < -0.3 is 19.5 Å². The summed E-state index contributed by atoms with van der Waals surface area (Å²) in [6, 6.07) is 5.74. The summed E-state index contributed by atoms with van der Waals surface area (Å²) in [5, 5.41) is 19.5.